The molecular formula is C16H15F3N4O. The Morgan fingerprint density at radius 1 is 1.21 bits per heavy atom. The molecule has 8 heteroatoms. The van der Waals surface area contributed by atoms with Gasteiger partial charge in [0.2, 0.25) is 0 Å². The standard InChI is InChI=1S/C16H15F3N4O/c1-9(2)14(24)11-6-20-23-7-10(4-5-13(11)23)12-8-22(3)21-15(12)16(17,18)19/h4-9H,1-3H3. The van der Waals surface area contributed by atoms with Crippen LogP contribution >= 0.6 is 0 Å². The predicted molar refractivity (Wildman–Crippen MR) is 81.6 cm³/mol. The monoisotopic (exact) mass is 336 g/mol. The largest absolute Gasteiger partial charge is 0.435 e. The summed E-state index contributed by atoms with van der Waals surface area (Å²) >= 11 is 0. The van der Waals surface area contributed by atoms with Crippen LogP contribution in [0.2, 0.25) is 0 Å². The van der Waals surface area contributed by atoms with Gasteiger partial charge in [0, 0.05) is 36.5 Å². The third kappa shape index (κ3) is 2.68. The molecule has 0 unspecified atom stereocenters. The summed E-state index contributed by atoms with van der Waals surface area (Å²) < 4.78 is 41.9. The predicted octanol–water partition coefficient (Wildman–Crippen LogP) is 3.59. The van der Waals surface area contributed by atoms with Crippen molar-refractivity contribution in [2.75, 3.05) is 0 Å². The fraction of sp³-hybridized carbons (Fsp3) is 0.312. The molecule has 0 aliphatic carbocycles. The van der Waals surface area contributed by atoms with Gasteiger partial charge in [-0.2, -0.15) is 23.4 Å². The van der Waals surface area contributed by atoms with Gasteiger partial charge in [-0.25, -0.2) is 4.52 Å². The molecule has 0 aromatic carbocycles. The van der Waals surface area contributed by atoms with Crippen molar-refractivity contribution < 1.29 is 18.0 Å². The van der Waals surface area contributed by atoms with E-state index in [1.807, 2.05) is 0 Å². The van der Waals surface area contributed by atoms with Crippen molar-refractivity contribution in [3.8, 4) is 11.1 Å². The molecule has 3 aromatic rings. The SMILES string of the molecule is CC(C)C(=O)c1cnn2cc(-c3cn(C)nc3C(F)(F)F)ccc12. The molecule has 0 radical (unpaired) electrons. The third-order valence-electron chi connectivity index (χ3n) is 3.71. The van der Waals surface area contributed by atoms with E-state index in [2.05, 4.69) is 10.2 Å². The first-order chi connectivity index (χ1) is 11.2. The van der Waals surface area contributed by atoms with Crippen LogP contribution in [0.5, 0.6) is 0 Å². The third-order valence-corrected chi connectivity index (χ3v) is 3.71. The Morgan fingerprint density at radius 2 is 1.92 bits per heavy atom. The molecule has 24 heavy (non-hydrogen) atoms. The molecule has 3 rings (SSSR count). The first kappa shape index (κ1) is 16.2. The summed E-state index contributed by atoms with van der Waals surface area (Å²) in [5.74, 6) is -0.247. The number of carbonyl (C=O) groups excluding carboxylic acids is 1. The molecule has 126 valence electrons. The van der Waals surface area contributed by atoms with Gasteiger partial charge in [-0.15, -0.1) is 0 Å². The number of aromatic nitrogens is 4. The highest BCUT2D eigenvalue weighted by Gasteiger charge is 2.37. The van der Waals surface area contributed by atoms with E-state index in [0.29, 0.717) is 16.6 Å². The van der Waals surface area contributed by atoms with Crippen LogP contribution in [0.25, 0.3) is 16.6 Å². The summed E-state index contributed by atoms with van der Waals surface area (Å²) in [5, 5.41) is 7.60. The quantitative estimate of drug-likeness (QED) is 0.687. The number of hydrogen-bond donors (Lipinski definition) is 0. The van der Waals surface area contributed by atoms with Crippen LogP contribution in [-0.2, 0) is 13.2 Å². The minimum Gasteiger partial charge on any atom is -0.294 e. The van der Waals surface area contributed by atoms with Crippen molar-refractivity contribution in [2.45, 2.75) is 20.0 Å². The van der Waals surface area contributed by atoms with E-state index in [0.717, 1.165) is 4.68 Å². The Balaban J connectivity index is 2.12. The Kier molecular flexibility index (Phi) is 3.70. The number of fused-ring (bicyclic) bond motifs is 1. The second-order valence-electron chi connectivity index (χ2n) is 5.89. The average Bonchev–Trinajstić information content (AvgIpc) is 3.08. The van der Waals surface area contributed by atoms with E-state index in [1.165, 1.54) is 30.2 Å². The van der Waals surface area contributed by atoms with E-state index in [1.54, 1.807) is 26.0 Å². The van der Waals surface area contributed by atoms with Crippen LogP contribution in [0.4, 0.5) is 13.2 Å². The van der Waals surface area contributed by atoms with E-state index >= 15 is 0 Å². The van der Waals surface area contributed by atoms with Crippen molar-refractivity contribution in [1.29, 1.82) is 0 Å². The number of Topliss-reactive ketones (excluding diaryl/α,β-unsaturated/α-hetero) is 1. The Bertz CT molecular complexity index is 921. The average molecular weight is 336 g/mol. The maximum absolute atomic E-state index is 13.1. The number of carbonyl (C=O) groups is 1. The fourth-order valence-corrected chi connectivity index (χ4v) is 2.55. The molecule has 3 heterocycles. The molecule has 0 saturated heterocycles. The molecule has 0 atom stereocenters. The molecule has 3 aromatic heterocycles. The van der Waals surface area contributed by atoms with E-state index in [4.69, 9.17) is 0 Å². The highest BCUT2D eigenvalue weighted by Crippen LogP contribution is 2.36. The van der Waals surface area contributed by atoms with Gasteiger partial charge in [0.15, 0.2) is 11.5 Å². The summed E-state index contributed by atoms with van der Waals surface area (Å²) in [6, 6.07) is 3.14. The summed E-state index contributed by atoms with van der Waals surface area (Å²) in [6.45, 7) is 3.57. The Labute approximate surface area is 135 Å². The van der Waals surface area contributed by atoms with Gasteiger partial charge in [-0.1, -0.05) is 19.9 Å². The normalized spacial score (nSPS) is 12.3. The van der Waals surface area contributed by atoms with E-state index < -0.39 is 11.9 Å². The number of halogens is 3. The molecule has 0 fully saturated rings. The number of aryl methyl sites for hydroxylation is 1. The van der Waals surface area contributed by atoms with Crippen LogP contribution in [0.15, 0.2) is 30.7 Å². The molecule has 5 nitrogen and oxygen atoms in total. The second kappa shape index (κ2) is 5.47. The summed E-state index contributed by atoms with van der Waals surface area (Å²) in [5.41, 5.74) is 0.373. The lowest BCUT2D eigenvalue weighted by Crippen LogP contribution is -2.08. The first-order valence-corrected chi connectivity index (χ1v) is 7.31. The highest BCUT2D eigenvalue weighted by atomic mass is 19.4. The Hall–Kier alpha value is -2.64. The maximum Gasteiger partial charge on any atom is 0.435 e. The summed E-state index contributed by atoms with van der Waals surface area (Å²) in [4.78, 5) is 12.1. The van der Waals surface area contributed by atoms with Crippen LogP contribution in [-0.4, -0.2) is 25.2 Å². The van der Waals surface area contributed by atoms with Crippen LogP contribution in [0.3, 0.4) is 0 Å². The zero-order chi connectivity index (χ0) is 17.6. The molecule has 0 aliphatic rings. The lowest BCUT2D eigenvalue weighted by Gasteiger charge is -2.07. The topological polar surface area (TPSA) is 52.2 Å². The van der Waals surface area contributed by atoms with E-state index in [-0.39, 0.29) is 17.3 Å². The molecule has 0 spiro atoms. The Morgan fingerprint density at radius 3 is 2.54 bits per heavy atom. The van der Waals surface area contributed by atoms with Crippen molar-refractivity contribution >= 4 is 11.3 Å². The molecule has 0 bridgehead atoms. The molecule has 0 amide bonds. The number of rotatable bonds is 3. The minimum atomic E-state index is -4.55. The molecule has 0 aliphatic heterocycles. The number of pyridine rings is 1. The van der Waals surface area contributed by atoms with Gasteiger partial charge in [0.1, 0.15) is 0 Å². The van der Waals surface area contributed by atoms with Gasteiger partial charge >= 0.3 is 6.18 Å². The summed E-state index contributed by atoms with van der Waals surface area (Å²) in [7, 11) is 1.44. The van der Waals surface area contributed by atoms with Crippen LogP contribution in [0, 0.1) is 5.92 Å². The van der Waals surface area contributed by atoms with Gasteiger partial charge in [-0.05, 0) is 6.07 Å². The zero-order valence-corrected chi connectivity index (χ0v) is 13.3. The molecule has 0 saturated carbocycles. The first-order valence-electron chi connectivity index (χ1n) is 7.31. The van der Waals surface area contributed by atoms with Gasteiger partial charge in [0.25, 0.3) is 0 Å². The van der Waals surface area contributed by atoms with Crippen molar-refractivity contribution in [3.63, 3.8) is 0 Å². The second-order valence-corrected chi connectivity index (χ2v) is 5.89. The van der Waals surface area contributed by atoms with Crippen molar-refractivity contribution in [1.82, 2.24) is 19.4 Å². The molecular weight excluding hydrogens is 321 g/mol. The van der Waals surface area contributed by atoms with Crippen LogP contribution in [0.1, 0.15) is 29.9 Å². The summed E-state index contributed by atoms with van der Waals surface area (Å²) in [6.07, 6.45) is -0.323. The fourth-order valence-electron chi connectivity index (χ4n) is 2.55. The van der Waals surface area contributed by atoms with Gasteiger partial charge in [0.05, 0.1) is 17.3 Å². The lowest BCUT2D eigenvalue weighted by atomic mass is 10.0. The minimum absolute atomic E-state index is 0.0286. The number of nitrogens with zero attached hydrogens (tertiary/aromatic N) is 4. The number of alkyl halides is 3. The zero-order valence-electron chi connectivity index (χ0n) is 13.3. The van der Waals surface area contributed by atoms with Gasteiger partial charge in [-0.3, -0.25) is 9.48 Å². The van der Waals surface area contributed by atoms with Crippen molar-refractivity contribution in [3.05, 3.63) is 42.0 Å². The number of hydrogen-bond acceptors (Lipinski definition) is 3. The lowest BCUT2D eigenvalue weighted by molar-refractivity contribution is -0.140. The highest BCUT2D eigenvalue weighted by molar-refractivity contribution is 6.03. The van der Waals surface area contributed by atoms with Crippen LogP contribution < -0.4 is 0 Å². The maximum atomic E-state index is 13.1. The molecule has 0 N–H and O–H groups in total. The van der Waals surface area contributed by atoms with Crippen molar-refractivity contribution in [2.24, 2.45) is 13.0 Å². The smallest absolute Gasteiger partial charge is 0.294 e. The number of ketones is 1. The van der Waals surface area contributed by atoms with E-state index in [9.17, 15) is 18.0 Å². The van der Waals surface area contributed by atoms with Gasteiger partial charge < -0.3 is 0 Å².